The molecular formula is C24H21BN2O4. The zero-order chi connectivity index (χ0) is 21.6. The highest BCUT2D eigenvalue weighted by molar-refractivity contribution is 6.62. The Morgan fingerprint density at radius 3 is 2.16 bits per heavy atom. The van der Waals surface area contributed by atoms with Gasteiger partial charge < -0.3 is 9.31 Å². The van der Waals surface area contributed by atoms with E-state index in [1.165, 1.54) is 6.21 Å². The van der Waals surface area contributed by atoms with Crippen LogP contribution in [0.15, 0.2) is 65.8 Å². The van der Waals surface area contributed by atoms with Gasteiger partial charge in [0.05, 0.1) is 17.3 Å². The first-order valence-electron chi connectivity index (χ1n) is 10.2. The van der Waals surface area contributed by atoms with Crippen molar-refractivity contribution in [2.24, 2.45) is 10.5 Å². The standard InChI is InChI=1S/C24H21BN2O4/c1-24(2)14-30-25(31-15-24)20-12-4-3-7-17(20)13-26-27-22(28)18-10-5-8-16-9-6-11-19(21(16)18)23(27)29/h3-13H,14-15H2,1-2H3/b26-13+. The normalized spacial score (nSPS) is 18.3. The molecule has 1 saturated heterocycles. The van der Waals surface area contributed by atoms with Crippen LogP contribution in [-0.4, -0.2) is 43.4 Å². The third-order valence-electron chi connectivity index (χ3n) is 5.56. The lowest BCUT2D eigenvalue weighted by Crippen LogP contribution is -2.48. The molecule has 0 atom stereocenters. The Kier molecular flexibility index (Phi) is 4.72. The topological polar surface area (TPSA) is 68.2 Å². The maximum absolute atomic E-state index is 13.0. The number of hydrazone groups is 1. The summed E-state index contributed by atoms with van der Waals surface area (Å²) in [6.45, 7) is 5.32. The van der Waals surface area contributed by atoms with Gasteiger partial charge in [-0.25, -0.2) is 0 Å². The van der Waals surface area contributed by atoms with E-state index in [0.717, 1.165) is 21.4 Å². The van der Waals surface area contributed by atoms with Crippen LogP contribution in [0.25, 0.3) is 10.8 Å². The molecule has 2 aliphatic rings. The van der Waals surface area contributed by atoms with Gasteiger partial charge >= 0.3 is 7.12 Å². The summed E-state index contributed by atoms with van der Waals surface area (Å²) in [6.07, 6.45) is 1.52. The average molecular weight is 412 g/mol. The van der Waals surface area contributed by atoms with Crippen molar-refractivity contribution in [1.82, 2.24) is 5.01 Å². The van der Waals surface area contributed by atoms with Gasteiger partial charge in [-0.3, -0.25) is 9.59 Å². The van der Waals surface area contributed by atoms with Crippen LogP contribution in [-0.2, 0) is 9.31 Å². The van der Waals surface area contributed by atoms with E-state index in [1.807, 2.05) is 48.5 Å². The molecule has 7 heteroatoms. The molecule has 0 unspecified atom stereocenters. The maximum atomic E-state index is 13.0. The fraction of sp³-hybridized carbons (Fsp3) is 0.208. The molecule has 2 heterocycles. The maximum Gasteiger partial charge on any atom is 0.494 e. The van der Waals surface area contributed by atoms with Gasteiger partial charge in [0.15, 0.2) is 0 Å². The summed E-state index contributed by atoms with van der Waals surface area (Å²) in [7, 11) is -0.516. The van der Waals surface area contributed by atoms with Gasteiger partial charge in [-0.2, -0.15) is 10.1 Å². The van der Waals surface area contributed by atoms with Gasteiger partial charge in [-0.1, -0.05) is 62.4 Å². The van der Waals surface area contributed by atoms with Gasteiger partial charge in [0.1, 0.15) is 0 Å². The van der Waals surface area contributed by atoms with Crippen LogP contribution in [0.4, 0.5) is 0 Å². The lowest BCUT2D eigenvalue weighted by molar-refractivity contribution is 0.0343. The quantitative estimate of drug-likeness (QED) is 0.376. The molecule has 0 N–H and O–H groups in total. The number of imide groups is 1. The summed E-state index contributed by atoms with van der Waals surface area (Å²) in [6, 6.07) is 18.4. The number of amides is 2. The molecular weight excluding hydrogens is 391 g/mol. The summed E-state index contributed by atoms with van der Waals surface area (Å²) in [5, 5.41) is 6.75. The third kappa shape index (κ3) is 3.46. The summed E-state index contributed by atoms with van der Waals surface area (Å²) < 4.78 is 11.8. The number of hydrogen-bond donors (Lipinski definition) is 0. The Balaban J connectivity index is 1.47. The van der Waals surface area contributed by atoms with Crippen LogP contribution < -0.4 is 5.46 Å². The van der Waals surface area contributed by atoms with Crippen LogP contribution in [0.2, 0.25) is 0 Å². The van der Waals surface area contributed by atoms with Gasteiger partial charge in [-0.05, 0) is 28.5 Å². The van der Waals surface area contributed by atoms with E-state index in [4.69, 9.17) is 9.31 Å². The Morgan fingerprint density at radius 2 is 1.52 bits per heavy atom. The monoisotopic (exact) mass is 412 g/mol. The number of rotatable bonds is 3. The van der Waals surface area contributed by atoms with Crippen molar-refractivity contribution in [1.29, 1.82) is 0 Å². The fourth-order valence-corrected chi connectivity index (χ4v) is 3.96. The van der Waals surface area contributed by atoms with Gasteiger partial charge in [0.2, 0.25) is 0 Å². The highest BCUT2D eigenvalue weighted by Crippen LogP contribution is 2.30. The van der Waals surface area contributed by atoms with Crippen LogP contribution in [0, 0.1) is 5.41 Å². The summed E-state index contributed by atoms with van der Waals surface area (Å²) in [5.74, 6) is -0.870. The van der Waals surface area contributed by atoms with E-state index in [0.29, 0.717) is 29.7 Å². The highest BCUT2D eigenvalue weighted by atomic mass is 16.6. The van der Waals surface area contributed by atoms with Crippen molar-refractivity contribution < 1.29 is 18.9 Å². The minimum Gasteiger partial charge on any atom is -0.407 e. The molecule has 5 rings (SSSR count). The van der Waals surface area contributed by atoms with Crippen LogP contribution in [0.3, 0.4) is 0 Å². The van der Waals surface area contributed by atoms with Crippen molar-refractivity contribution in [3.05, 3.63) is 77.4 Å². The minimum absolute atomic E-state index is 0.0411. The van der Waals surface area contributed by atoms with Gasteiger partial charge in [0.25, 0.3) is 11.8 Å². The van der Waals surface area contributed by atoms with Crippen molar-refractivity contribution in [2.45, 2.75) is 13.8 Å². The van der Waals surface area contributed by atoms with Crippen molar-refractivity contribution in [3.63, 3.8) is 0 Å². The predicted octanol–water partition coefficient (Wildman–Crippen LogP) is 3.24. The Bertz CT molecular complexity index is 1180. The molecule has 1 fully saturated rings. The number of carbonyl (C=O) groups excluding carboxylic acids is 2. The Hall–Kier alpha value is -3.29. The van der Waals surface area contributed by atoms with E-state index < -0.39 is 18.9 Å². The van der Waals surface area contributed by atoms with E-state index >= 15 is 0 Å². The van der Waals surface area contributed by atoms with Crippen molar-refractivity contribution in [3.8, 4) is 0 Å². The zero-order valence-electron chi connectivity index (χ0n) is 17.4. The number of nitrogens with zero attached hydrogens (tertiary/aromatic N) is 2. The fourth-order valence-electron chi connectivity index (χ4n) is 3.96. The lowest BCUT2D eigenvalue weighted by atomic mass is 9.73. The smallest absolute Gasteiger partial charge is 0.407 e. The molecule has 0 radical (unpaired) electrons. The molecule has 6 nitrogen and oxygen atoms in total. The molecule has 0 aliphatic carbocycles. The van der Waals surface area contributed by atoms with Crippen molar-refractivity contribution in [2.75, 3.05) is 13.2 Å². The van der Waals surface area contributed by atoms with Crippen LogP contribution in [0.5, 0.6) is 0 Å². The largest absolute Gasteiger partial charge is 0.494 e. The first kappa shape index (κ1) is 19.7. The Morgan fingerprint density at radius 1 is 0.903 bits per heavy atom. The molecule has 2 aliphatic heterocycles. The predicted molar refractivity (Wildman–Crippen MR) is 120 cm³/mol. The molecule has 154 valence electrons. The molecule has 0 saturated carbocycles. The summed E-state index contributed by atoms with van der Waals surface area (Å²) >= 11 is 0. The van der Waals surface area contributed by atoms with E-state index in [1.54, 1.807) is 12.1 Å². The molecule has 0 bridgehead atoms. The third-order valence-corrected chi connectivity index (χ3v) is 5.56. The summed E-state index contributed by atoms with van der Waals surface area (Å²) in [5.41, 5.74) is 2.44. The average Bonchev–Trinajstić information content (AvgIpc) is 2.78. The number of benzene rings is 3. The number of carbonyl (C=O) groups is 2. The van der Waals surface area contributed by atoms with E-state index in [-0.39, 0.29) is 5.41 Å². The first-order valence-corrected chi connectivity index (χ1v) is 10.2. The molecule has 3 aromatic rings. The zero-order valence-corrected chi connectivity index (χ0v) is 17.4. The second-order valence-corrected chi connectivity index (χ2v) is 8.62. The molecule has 0 spiro atoms. The molecule has 31 heavy (non-hydrogen) atoms. The second-order valence-electron chi connectivity index (χ2n) is 8.62. The summed E-state index contributed by atoms with van der Waals surface area (Å²) in [4.78, 5) is 26.1. The first-order chi connectivity index (χ1) is 14.9. The van der Waals surface area contributed by atoms with Gasteiger partial charge in [-0.15, -0.1) is 0 Å². The van der Waals surface area contributed by atoms with Crippen molar-refractivity contribution >= 4 is 41.4 Å². The number of hydrogen-bond acceptors (Lipinski definition) is 5. The second kappa shape index (κ2) is 7.44. The van der Waals surface area contributed by atoms with E-state index in [2.05, 4.69) is 18.9 Å². The highest BCUT2D eigenvalue weighted by Gasteiger charge is 2.35. The lowest BCUT2D eigenvalue weighted by Gasteiger charge is -2.33. The molecule has 0 aromatic heterocycles. The Labute approximate surface area is 180 Å². The van der Waals surface area contributed by atoms with Crippen LogP contribution in [0.1, 0.15) is 40.1 Å². The minimum atomic E-state index is -0.516. The molecule has 2 amide bonds. The van der Waals surface area contributed by atoms with Gasteiger partial charge in [0, 0.05) is 24.0 Å². The molecule has 3 aromatic carbocycles. The van der Waals surface area contributed by atoms with Crippen LogP contribution >= 0.6 is 0 Å². The van der Waals surface area contributed by atoms with E-state index in [9.17, 15) is 9.59 Å². The SMILES string of the molecule is CC1(C)COB(c2ccccc2/C=N/N2C(=O)c3cccc4cccc(c34)C2=O)OC1.